The maximum Gasteiger partial charge on any atom is 0.234 e. The van der Waals surface area contributed by atoms with E-state index in [-0.39, 0.29) is 17.3 Å². The molecule has 1 aromatic rings. The molecule has 0 fully saturated rings. The van der Waals surface area contributed by atoms with Crippen molar-refractivity contribution in [1.29, 1.82) is 10.5 Å². The number of nitrogens with zero attached hydrogens (tertiary/aromatic N) is 3. The number of hydrogen-bond acceptors (Lipinski definition) is 5. The van der Waals surface area contributed by atoms with E-state index in [4.69, 9.17) is 21.0 Å². The predicted molar refractivity (Wildman–Crippen MR) is 58.6 cm³/mol. The summed E-state index contributed by atoms with van der Waals surface area (Å²) in [5.74, 6) is 0.320. The van der Waals surface area contributed by atoms with E-state index >= 15 is 0 Å². The Hall–Kier alpha value is -2.27. The standard InChI is InChI=1S/C11H12N4O/c1-3-7-8(5-12)10(14)15-11(16-4-2)9(7)6-13/h3-4H2,1-2H3,(H2,14,15). The summed E-state index contributed by atoms with van der Waals surface area (Å²) in [4.78, 5) is 3.92. The van der Waals surface area contributed by atoms with E-state index < -0.39 is 0 Å². The molecule has 0 saturated carbocycles. The van der Waals surface area contributed by atoms with E-state index in [2.05, 4.69) is 4.98 Å². The Bertz CT molecular complexity index is 482. The summed E-state index contributed by atoms with van der Waals surface area (Å²) in [7, 11) is 0. The third kappa shape index (κ3) is 1.89. The number of rotatable bonds is 3. The quantitative estimate of drug-likeness (QED) is 0.823. The van der Waals surface area contributed by atoms with Crippen molar-refractivity contribution in [3.05, 3.63) is 16.7 Å². The van der Waals surface area contributed by atoms with E-state index in [1.807, 2.05) is 19.1 Å². The van der Waals surface area contributed by atoms with Crippen LogP contribution in [-0.4, -0.2) is 11.6 Å². The van der Waals surface area contributed by atoms with Crippen LogP contribution in [0.2, 0.25) is 0 Å². The average Bonchev–Trinajstić information content (AvgIpc) is 2.28. The van der Waals surface area contributed by atoms with Crippen molar-refractivity contribution in [1.82, 2.24) is 4.98 Å². The zero-order valence-corrected chi connectivity index (χ0v) is 9.24. The number of pyridine rings is 1. The second kappa shape index (κ2) is 4.99. The number of nitriles is 2. The summed E-state index contributed by atoms with van der Waals surface area (Å²) in [5, 5.41) is 18.0. The third-order valence-corrected chi connectivity index (χ3v) is 2.15. The van der Waals surface area contributed by atoms with Gasteiger partial charge >= 0.3 is 0 Å². The second-order valence-electron chi connectivity index (χ2n) is 3.04. The highest BCUT2D eigenvalue weighted by atomic mass is 16.5. The first kappa shape index (κ1) is 11.8. The Kier molecular flexibility index (Phi) is 3.68. The van der Waals surface area contributed by atoms with Crippen molar-refractivity contribution in [2.75, 3.05) is 12.3 Å². The van der Waals surface area contributed by atoms with E-state index in [0.717, 1.165) is 0 Å². The number of nitrogens with two attached hydrogens (primary N) is 1. The minimum Gasteiger partial charge on any atom is -0.477 e. The van der Waals surface area contributed by atoms with E-state index in [0.29, 0.717) is 24.2 Å². The van der Waals surface area contributed by atoms with Crippen molar-refractivity contribution >= 4 is 5.82 Å². The lowest BCUT2D eigenvalue weighted by atomic mass is 10.0. The first-order valence-electron chi connectivity index (χ1n) is 4.94. The summed E-state index contributed by atoms with van der Waals surface area (Å²) in [6.07, 6.45) is 0.540. The first-order valence-corrected chi connectivity index (χ1v) is 4.94. The van der Waals surface area contributed by atoms with Crippen LogP contribution in [0.15, 0.2) is 0 Å². The van der Waals surface area contributed by atoms with Gasteiger partial charge in [-0.25, -0.2) is 0 Å². The maximum absolute atomic E-state index is 9.05. The van der Waals surface area contributed by atoms with Gasteiger partial charge in [0.05, 0.1) is 12.2 Å². The molecule has 0 bridgehead atoms. The molecule has 1 heterocycles. The van der Waals surface area contributed by atoms with Crippen LogP contribution in [-0.2, 0) is 6.42 Å². The molecule has 0 unspecified atom stereocenters. The van der Waals surface area contributed by atoms with Gasteiger partial charge in [-0.3, -0.25) is 0 Å². The number of ether oxygens (including phenoxy) is 1. The zero-order chi connectivity index (χ0) is 12.1. The monoisotopic (exact) mass is 216 g/mol. The van der Waals surface area contributed by atoms with Crippen LogP contribution in [0.1, 0.15) is 30.5 Å². The van der Waals surface area contributed by atoms with Gasteiger partial charge in [-0.15, -0.1) is 0 Å². The van der Waals surface area contributed by atoms with Crippen LogP contribution in [0.5, 0.6) is 5.88 Å². The minimum absolute atomic E-state index is 0.113. The fourth-order valence-corrected chi connectivity index (χ4v) is 1.46. The molecule has 0 atom stereocenters. The summed E-state index contributed by atoms with van der Waals surface area (Å²) >= 11 is 0. The average molecular weight is 216 g/mol. The Morgan fingerprint density at radius 3 is 2.31 bits per heavy atom. The molecule has 0 amide bonds. The summed E-state index contributed by atoms with van der Waals surface area (Å²) in [6, 6.07) is 3.97. The Morgan fingerprint density at radius 1 is 1.25 bits per heavy atom. The van der Waals surface area contributed by atoms with Gasteiger partial charge in [-0.2, -0.15) is 15.5 Å². The van der Waals surface area contributed by atoms with Crippen LogP contribution in [0.4, 0.5) is 5.82 Å². The van der Waals surface area contributed by atoms with Gasteiger partial charge < -0.3 is 10.5 Å². The lowest BCUT2D eigenvalue weighted by molar-refractivity contribution is 0.326. The van der Waals surface area contributed by atoms with Crippen LogP contribution in [0.25, 0.3) is 0 Å². The summed E-state index contributed by atoms with van der Waals surface area (Å²) in [6.45, 7) is 4.05. The van der Waals surface area contributed by atoms with E-state index in [1.54, 1.807) is 6.92 Å². The number of aromatic nitrogens is 1. The molecule has 0 spiro atoms. The van der Waals surface area contributed by atoms with Crippen molar-refractivity contribution in [3.8, 4) is 18.0 Å². The number of anilines is 1. The highest BCUT2D eigenvalue weighted by Crippen LogP contribution is 2.26. The van der Waals surface area contributed by atoms with Crippen molar-refractivity contribution in [2.24, 2.45) is 0 Å². The number of nitrogen functional groups attached to an aromatic ring is 1. The predicted octanol–water partition coefficient (Wildman–Crippen LogP) is 1.37. The molecule has 0 aliphatic carbocycles. The fourth-order valence-electron chi connectivity index (χ4n) is 1.46. The van der Waals surface area contributed by atoms with Crippen LogP contribution < -0.4 is 10.5 Å². The van der Waals surface area contributed by atoms with Gasteiger partial charge in [0, 0.05) is 0 Å². The maximum atomic E-state index is 9.05. The Balaban J connectivity index is 3.53. The molecular formula is C11H12N4O. The van der Waals surface area contributed by atoms with Gasteiger partial charge in [0.25, 0.3) is 0 Å². The molecule has 82 valence electrons. The summed E-state index contributed by atoms with van der Waals surface area (Å²) in [5.41, 5.74) is 6.80. The van der Waals surface area contributed by atoms with Crippen molar-refractivity contribution in [3.63, 3.8) is 0 Å². The van der Waals surface area contributed by atoms with Gasteiger partial charge in [-0.05, 0) is 18.9 Å². The van der Waals surface area contributed by atoms with E-state index in [1.165, 1.54) is 0 Å². The van der Waals surface area contributed by atoms with Gasteiger partial charge in [0.15, 0.2) is 0 Å². The molecule has 2 N–H and O–H groups in total. The molecule has 5 heteroatoms. The largest absolute Gasteiger partial charge is 0.477 e. The zero-order valence-electron chi connectivity index (χ0n) is 9.24. The van der Waals surface area contributed by atoms with Crippen LogP contribution >= 0.6 is 0 Å². The van der Waals surface area contributed by atoms with Gasteiger partial charge in [-0.1, -0.05) is 6.92 Å². The molecule has 0 aliphatic heterocycles. The van der Waals surface area contributed by atoms with Crippen LogP contribution in [0, 0.1) is 22.7 Å². The second-order valence-corrected chi connectivity index (χ2v) is 3.04. The van der Waals surface area contributed by atoms with Crippen LogP contribution in [0.3, 0.4) is 0 Å². The van der Waals surface area contributed by atoms with Gasteiger partial charge in [0.1, 0.15) is 23.5 Å². The normalized spacial score (nSPS) is 9.25. The molecule has 0 aromatic carbocycles. The summed E-state index contributed by atoms with van der Waals surface area (Å²) < 4.78 is 5.23. The molecule has 0 aliphatic rings. The van der Waals surface area contributed by atoms with Gasteiger partial charge in [0.2, 0.25) is 5.88 Å². The highest BCUT2D eigenvalue weighted by molar-refractivity contribution is 5.62. The topological polar surface area (TPSA) is 95.7 Å². The lowest BCUT2D eigenvalue weighted by Gasteiger charge is -2.11. The van der Waals surface area contributed by atoms with Crippen molar-refractivity contribution in [2.45, 2.75) is 20.3 Å². The molecule has 0 radical (unpaired) electrons. The molecule has 1 rings (SSSR count). The first-order chi connectivity index (χ1) is 7.69. The smallest absolute Gasteiger partial charge is 0.234 e. The Morgan fingerprint density at radius 2 is 1.88 bits per heavy atom. The third-order valence-electron chi connectivity index (χ3n) is 2.15. The SMILES string of the molecule is CCOc1nc(N)c(C#N)c(CC)c1C#N. The molecule has 0 saturated heterocycles. The molecule has 16 heavy (non-hydrogen) atoms. The molecule has 5 nitrogen and oxygen atoms in total. The number of hydrogen-bond donors (Lipinski definition) is 1. The fraction of sp³-hybridized carbons (Fsp3) is 0.364. The highest BCUT2D eigenvalue weighted by Gasteiger charge is 2.17. The lowest BCUT2D eigenvalue weighted by Crippen LogP contribution is -2.07. The minimum atomic E-state index is 0.113. The van der Waals surface area contributed by atoms with Crippen molar-refractivity contribution < 1.29 is 4.74 Å². The molecule has 1 aromatic heterocycles. The Labute approximate surface area is 94.1 Å². The van der Waals surface area contributed by atoms with E-state index in [9.17, 15) is 0 Å². The molecular weight excluding hydrogens is 204 g/mol.